The number of benzene rings is 1. The molecule has 2 rings (SSSR count). The summed E-state index contributed by atoms with van der Waals surface area (Å²) < 4.78 is 0. The third-order valence-electron chi connectivity index (χ3n) is 3.80. The minimum atomic E-state index is -0.463. The fraction of sp³-hybridized carbons (Fsp3) is 0.533. The summed E-state index contributed by atoms with van der Waals surface area (Å²) in [5.41, 5.74) is 1.07. The number of nitrogens with zero attached hydrogens (tertiary/aromatic N) is 2. The Kier molecular flexibility index (Phi) is 4.90. The number of carbonyl (C=O) groups excluding carboxylic acids is 1. The number of amides is 1. The lowest BCUT2D eigenvalue weighted by atomic mass is 9.99. The minimum Gasteiger partial charge on any atom is -0.341 e. The molecular formula is C15H21N3O3. The molecule has 0 aliphatic carbocycles. The van der Waals surface area contributed by atoms with Gasteiger partial charge in [-0.1, -0.05) is 0 Å². The maximum atomic E-state index is 12.4. The Morgan fingerprint density at radius 3 is 2.86 bits per heavy atom. The Morgan fingerprint density at radius 2 is 2.24 bits per heavy atom. The van der Waals surface area contributed by atoms with E-state index in [2.05, 4.69) is 5.32 Å². The summed E-state index contributed by atoms with van der Waals surface area (Å²) in [6, 6.07) is 4.53. The van der Waals surface area contributed by atoms with Crippen molar-refractivity contribution in [3.8, 4) is 0 Å². The summed E-state index contributed by atoms with van der Waals surface area (Å²) in [6.45, 7) is 4.40. The van der Waals surface area contributed by atoms with E-state index >= 15 is 0 Å². The van der Waals surface area contributed by atoms with E-state index < -0.39 is 4.92 Å². The van der Waals surface area contributed by atoms with Gasteiger partial charge >= 0.3 is 0 Å². The highest BCUT2D eigenvalue weighted by Gasteiger charge is 2.20. The van der Waals surface area contributed by atoms with Gasteiger partial charge < -0.3 is 10.2 Å². The van der Waals surface area contributed by atoms with Crippen molar-refractivity contribution in [2.24, 2.45) is 5.92 Å². The number of carbonyl (C=O) groups is 1. The normalized spacial score (nSPS) is 18.3. The molecule has 1 aliphatic heterocycles. The third-order valence-corrected chi connectivity index (χ3v) is 3.80. The molecule has 1 N–H and O–H groups in total. The van der Waals surface area contributed by atoms with Crippen LogP contribution in [-0.4, -0.2) is 42.4 Å². The van der Waals surface area contributed by atoms with Crippen LogP contribution in [0.4, 0.5) is 5.69 Å². The van der Waals surface area contributed by atoms with E-state index in [1.165, 1.54) is 12.1 Å². The van der Waals surface area contributed by atoms with E-state index in [-0.39, 0.29) is 11.6 Å². The highest BCUT2D eigenvalue weighted by atomic mass is 16.6. The van der Waals surface area contributed by atoms with Crippen molar-refractivity contribution in [3.05, 3.63) is 39.4 Å². The van der Waals surface area contributed by atoms with E-state index in [1.54, 1.807) is 24.9 Å². The molecule has 0 aromatic heterocycles. The van der Waals surface area contributed by atoms with Crippen molar-refractivity contribution in [3.63, 3.8) is 0 Å². The molecule has 1 aromatic carbocycles. The molecule has 1 saturated heterocycles. The summed E-state index contributed by atoms with van der Waals surface area (Å²) >= 11 is 0. The van der Waals surface area contributed by atoms with Crippen molar-refractivity contribution >= 4 is 11.6 Å². The van der Waals surface area contributed by atoms with Crippen LogP contribution in [0.25, 0.3) is 0 Å². The maximum Gasteiger partial charge on any atom is 0.270 e. The first-order chi connectivity index (χ1) is 9.97. The number of nitrogens with one attached hydrogen (secondary N) is 1. The summed E-state index contributed by atoms with van der Waals surface area (Å²) in [5, 5.41) is 14.2. The van der Waals surface area contributed by atoms with Crippen LogP contribution in [0.15, 0.2) is 18.2 Å². The zero-order chi connectivity index (χ0) is 15.4. The third kappa shape index (κ3) is 4.01. The zero-order valence-electron chi connectivity index (χ0n) is 12.5. The van der Waals surface area contributed by atoms with Crippen molar-refractivity contribution in [1.82, 2.24) is 10.2 Å². The first-order valence-electron chi connectivity index (χ1n) is 7.19. The summed E-state index contributed by atoms with van der Waals surface area (Å²) in [4.78, 5) is 24.5. The quantitative estimate of drug-likeness (QED) is 0.680. The predicted octanol–water partition coefficient (Wildman–Crippen LogP) is 1.97. The van der Waals surface area contributed by atoms with Crippen LogP contribution in [-0.2, 0) is 0 Å². The number of nitro benzene ring substituents is 1. The van der Waals surface area contributed by atoms with Crippen LogP contribution >= 0.6 is 0 Å². The Hall–Kier alpha value is -1.95. The van der Waals surface area contributed by atoms with Crippen LogP contribution in [0.2, 0.25) is 0 Å². The van der Waals surface area contributed by atoms with Crippen LogP contribution in [0.1, 0.15) is 28.8 Å². The summed E-state index contributed by atoms with van der Waals surface area (Å²) in [7, 11) is 1.76. The number of piperidine rings is 1. The molecule has 6 nitrogen and oxygen atoms in total. The number of hydrogen-bond donors (Lipinski definition) is 1. The van der Waals surface area contributed by atoms with Crippen LogP contribution in [0.5, 0.6) is 0 Å². The molecule has 1 heterocycles. The summed E-state index contributed by atoms with van der Waals surface area (Å²) in [5.74, 6) is 0.292. The van der Waals surface area contributed by atoms with E-state index in [0.717, 1.165) is 31.5 Å². The number of rotatable bonds is 4. The van der Waals surface area contributed by atoms with Crippen molar-refractivity contribution in [2.75, 3.05) is 26.7 Å². The van der Waals surface area contributed by atoms with Gasteiger partial charge in [0.25, 0.3) is 11.6 Å². The van der Waals surface area contributed by atoms with Crippen LogP contribution < -0.4 is 5.32 Å². The zero-order valence-corrected chi connectivity index (χ0v) is 12.5. The molecule has 0 spiro atoms. The Bertz CT molecular complexity index is 539. The molecule has 1 aromatic rings. The lowest BCUT2D eigenvalue weighted by molar-refractivity contribution is -0.384. The molecule has 0 saturated carbocycles. The monoisotopic (exact) mass is 291 g/mol. The molecular weight excluding hydrogens is 270 g/mol. The molecule has 1 atom stereocenters. The van der Waals surface area contributed by atoms with Crippen molar-refractivity contribution in [1.29, 1.82) is 0 Å². The molecule has 1 amide bonds. The van der Waals surface area contributed by atoms with Gasteiger partial charge in [-0.15, -0.1) is 0 Å². The highest BCUT2D eigenvalue weighted by Crippen LogP contribution is 2.19. The van der Waals surface area contributed by atoms with Gasteiger partial charge in [0, 0.05) is 31.3 Å². The van der Waals surface area contributed by atoms with Gasteiger partial charge in [-0.25, -0.2) is 0 Å². The fourth-order valence-electron chi connectivity index (χ4n) is 2.76. The second kappa shape index (κ2) is 6.67. The molecule has 0 bridgehead atoms. The maximum absolute atomic E-state index is 12.4. The lowest BCUT2D eigenvalue weighted by Crippen LogP contribution is -2.39. The van der Waals surface area contributed by atoms with Gasteiger partial charge in [-0.2, -0.15) is 0 Å². The Morgan fingerprint density at radius 1 is 1.48 bits per heavy atom. The number of nitro groups is 1. The van der Waals surface area contributed by atoms with Crippen molar-refractivity contribution in [2.45, 2.75) is 19.8 Å². The topological polar surface area (TPSA) is 75.5 Å². The van der Waals surface area contributed by atoms with Crippen molar-refractivity contribution < 1.29 is 9.72 Å². The average molecular weight is 291 g/mol. The summed E-state index contributed by atoms with van der Waals surface area (Å²) in [6.07, 6.45) is 2.24. The second-order valence-corrected chi connectivity index (χ2v) is 5.71. The van der Waals surface area contributed by atoms with Crippen LogP contribution in [0.3, 0.4) is 0 Å². The number of hydrogen-bond acceptors (Lipinski definition) is 4. The molecule has 1 fully saturated rings. The molecule has 1 unspecified atom stereocenters. The molecule has 1 aliphatic rings. The van der Waals surface area contributed by atoms with E-state index in [0.29, 0.717) is 18.0 Å². The average Bonchev–Trinajstić information content (AvgIpc) is 2.46. The van der Waals surface area contributed by atoms with E-state index in [1.807, 2.05) is 0 Å². The standard InChI is InChI=1S/C15H21N3O3/c1-11-6-13(8-14(7-11)18(20)21)15(19)17(2)10-12-4-3-5-16-9-12/h6-8,12,16H,3-5,9-10H2,1-2H3. The first kappa shape index (κ1) is 15.4. The van der Waals surface area contributed by atoms with Gasteiger partial charge in [0.05, 0.1) is 4.92 Å². The Labute approximate surface area is 124 Å². The second-order valence-electron chi connectivity index (χ2n) is 5.71. The molecule has 21 heavy (non-hydrogen) atoms. The van der Waals surface area contributed by atoms with E-state index in [9.17, 15) is 14.9 Å². The largest absolute Gasteiger partial charge is 0.341 e. The van der Waals surface area contributed by atoms with Gasteiger partial charge in [0.15, 0.2) is 0 Å². The first-order valence-corrected chi connectivity index (χ1v) is 7.19. The fourth-order valence-corrected chi connectivity index (χ4v) is 2.76. The highest BCUT2D eigenvalue weighted by molar-refractivity contribution is 5.94. The molecule has 114 valence electrons. The SMILES string of the molecule is Cc1cc(C(=O)N(C)CC2CCCNC2)cc([N+](=O)[O-])c1. The lowest BCUT2D eigenvalue weighted by Gasteiger charge is -2.27. The number of aryl methyl sites for hydroxylation is 1. The van der Waals surface area contributed by atoms with Gasteiger partial charge in [-0.05, 0) is 50.4 Å². The van der Waals surface area contributed by atoms with Gasteiger partial charge in [0.2, 0.25) is 0 Å². The molecule has 6 heteroatoms. The number of non-ortho nitro benzene ring substituents is 1. The predicted molar refractivity (Wildman–Crippen MR) is 80.4 cm³/mol. The van der Waals surface area contributed by atoms with Gasteiger partial charge in [-0.3, -0.25) is 14.9 Å². The van der Waals surface area contributed by atoms with E-state index in [4.69, 9.17) is 0 Å². The van der Waals surface area contributed by atoms with Crippen LogP contribution in [0, 0.1) is 23.0 Å². The van der Waals surface area contributed by atoms with Gasteiger partial charge in [0.1, 0.15) is 0 Å². The minimum absolute atomic E-state index is 0.0360. The molecule has 0 radical (unpaired) electrons. The Balaban J connectivity index is 2.09. The smallest absolute Gasteiger partial charge is 0.270 e.